The van der Waals surface area contributed by atoms with Crippen LogP contribution in [-0.4, -0.2) is 63.1 Å². The van der Waals surface area contributed by atoms with Crippen molar-refractivity contribution in [2.45, 2.75) is 58.1 Å². The number of piperidine rings is 1. The Kier molecular flexibility index (Phi) is 7.13. The first-order valence-electron chi connectivity index (χ1n) is 10.5. The van der Waals surface area contributed by atoms with Crippen molar-refractivity contribution >= 4 is 16.1 Å². The molecular weight excluding hydrogens is 408 g/mol. The highest BCUT2D eigenvalue weighted by Gasteiger charge is 2.32. The Morgan fingerprint density at radius 2 is 2.03 bits per heavy atom. The molecule has 0 saturated carbocycles. The van der Waals surface area contributed by atoms with Gasteiger partial charge in [-0.2, -0.15) is 0 Å². The van der Waals surface area contributed by atoms with Crippen LogP contribution < -0.4 is 14.2 Å². The van der Waals surface area contributed by atoms with Crippen molar-refractivity contribution in [1.29, 1.82) is 0 Å². The van der Waals surface area contributed by atoms with E-state index in [9.17, 15) is 13.2 Å². The Labute approximate surface area is 178 Å². The molecule has 1 fully saturated rings. The van der Waals surface area contributed by atoms with Crippen molar-refractivity contribution in [2.75, 3.05) is 32.1 Å². The number of sulfonamides is 1. The Morgan fingerprint density at radius 3 is 2.73 bits per heavy atom. The number of para-hydroxylation sites is 1. The highest BCUT2D eigenvalue weighted by molar-refractivity contribution is 7.89. The van der Waals surface area contributed by atoms with Gasteiger partial charge in [0, 0.05) is 31.1 Å². The summed E-state index contributed by atoms with van der Waals surface area (Å²) in [7, 11) is -3.41. The number of ether oxygens (including phenoxy) is 3. The zero-order valence-electron chi connectivity index (χ0n) is 18.0. The van der Waals surface area contributed by atoms with Crippen LogP contribution in [0.3, 0.4) is 0 Å². The average molecular weight is 441 g/mol. The molecule has 0 spiro atoms. The lowest BCUT2D eigenvalue weighted by Crippen LogP contribution is -2.47. The van der Waals surface area contributed by atoms with Crippen molar-refractivity contribution in [3.8, 4) is 11.5 Å². The van der Waals surface area contributed by atoms with Crippen LogP contribution in [0.25, 0.3) is 0 Å². The molecule has 2 aliphatic rings. The minimum atomic E-state index is -3.41. The molecule has 0 aliphatic carbocycles. The highest BCUT2D eigenvalue weighted by Crippen LogP contribution is 2.41. The van der Waals surface area contributed by atoms with Crippen LogP contribution >= 0.6 is 0 Å². The largest absolute Gasteiger partial charge is 0.490 e. The number of benzene rings is 1. The van der Waals surface area contributed by atoms with Crippen LogP contribution in [-0.2, 0) is 21.2 Å². The minimum Gasteiger partial charge on any atom is -0.490 e. The smallest absolute Gasteiger partial charge is 0.409 e. The summed E-state index contributed by atoms with van der Waals surface area (Å²) < 4.78 is 44.3. The Morgan fingerprint density at radius 1 is 1.30 bits per heavy atom. The van der Waals surface area contributed by atoms with Crippen LogP contribution in [0.5, 0.6) is 11.5 Å². The monoisotopic (exact) mass is 440 g/mol. The normalized spacial score (nSPS) is 18.6. The van der Waals surface area contributed by atoms with Crippen LogP contribution in [0.2, 0.25) is 0 Å². The molecule has 0 bridgehead atoms. The van der Waals surface area contributed by atoms with Gasteiger partial charge < -0.3 is 19.1 Å². The number of likely N-dealkylation sites (tertiary alicyclic amines) is 1. The van der Waals surface area contributed by atoms with Crippen LogP contribution in [0.15, 0.2) is 18.2 Å². The molecule has 9 heteroatoms. The van der Waals surface area contributed by atoms with Crippen molar-refractivity contribution < 1.29 is 27.4 Å². The molecule has 2 heterocycles. The fraction of sp³-hybridized carbons (Fsp3) is 0.667. The fourth-order valence-electron chi connectivity index (χ4n) is 3.84. The topological polar surface area (TPSA) is 94.2 Å². The number of hydrogen-bond donors (Lipinski definition) is 1. The number of carbonyl (C=O) groups is 1. The molecule has 30 heavy (non-hydrogen) atoms. The van der Waals surface area contributed by atoms with Crippen molar-refractivity contribution in [1.82, 2.24) is 9.62 Å². The van der Waals surface area contributed by atoms with Gasteiger partial charge in [-0.15, -0.1) is 0 Å². The Balaban J connectivity index is 1.41. The van der Waals surface area contributed by atoms with Gasteiger partial charge in [-0.1, -0.05) is 12.1 Å². The first-order valence-corrected chi connectivity index (χ1v) is 12.2. The lowest BCUT2D eigenvalue weighted by Gasteiger charge is -2.31. The lowest BCUT2D eigenvalue weighted by atomic mass is 10.0. The minimum absolute atomic E-state index is 0.00748. The van der Waals surface area contributed by atoms with Gasteiger partial charge in [0.25, 0.3) is 0 Å². The maximum atomic E-state index is 12.4. The van der Waals surface area contributed by atoms with E-state index >= 15 is 0 Å². The lowest BCUT2D eigenvalue weighted by molar-refractivity contribution is 0.0966. The maximum absolute atomic E-state index is 12.4. The molecule has 1 aromatic rings. The molecule has 1 amide bonds. The van der Waals surface area contributed by atoms with Crippen molar-refractivity contribution in [3.63, 3.8) is 0 Å². The van der Waals surface area contributed by atoms with Crippen LogP contribution in [0.4, 0.5) is 4.79 Å². The zero-order valence-corrected chi connectivity index (χ0v) is 18.8. The van der Waals surface area contributed by atoms with E-state index in [0.717, 1.165) is 17.7 Å². The maximum Gasteiger partial charge on any atom is 0.409 e. The van der Waals surface area contributed by atoms with Gasteiger partial charge in [-0.3, -0.25) is 0 Å². The molecule has 0 atom stereocenters. The third kappa shape index (κ3) is 6.01. The summed E-state index contributed by atoms with van der Waals surface area (Å²) in [6.07, 6.45) is 2.03. The molecule has 1 aromatic carbocycles. The number of amides is 1. The van der Waals surface area contributed by atoms with E-state index in [1.54, 1.807) is 11.8 Å². The molecule has 3 rings (SSSR count). The molecule has 8 nitrogen and oxygen atoms in total. The quantitative estimate of drug-likeness (QED) is 0.625. The zero-order chi connectivity index (χ0) is 21.8. The number of rotatable bonds is 8. The summed E-state index contributed by atoms with van der Waals surface area (Å²) in [6, 6.07) is 5.65. The highest BCUT2D eigenvalue weighted by atomic mass is 32.2. The second-order valence-corrected chi connectivity index (χ2v) is 10.3. The van der Waals surface area contributed by atoms with Crippen LogP contribution in [0.1, 0.15) is 45.6 Å². The van der Waals surface area contributed by atoms with Gasteiger partial charge in [0.2, 0.25) is 10.0 Å². The third-order valence-corrected chi connectivity index (χ3v) is 6.76. The number of hydrogen-bond acceptors (Lipinski definition) is 6. The number of carbonyl (C=O) groups excluding carboxylic acids is 1. The summed E-state index contributed by atoms with van der Waals surface area (Å²) in [5.41, 5.74) is 0.860. The molecular formula is C21H32N2O6S. The van der Waals surface area contributed by atoms with E-state index < -0.39 is 10.0 Å². The van der Waals surface area contributed by atoms with E-state index in [-0.39, 0.29) is 23.5 Å². The van der Waals surface area contributed by atoms with E-state index in [0.29, 0.717) is 51.3 Å². The fourth-order valence-corrected chi connectivity index (χ4v) is 5.20. The average Bonchev–Trinajstić information content (AvgIpc) is 3.00. The summed E-state index contributed by atoms with van der Waals surface area (Å²) in [6.45, 7) is 7.45. The summed E-state index contributed by atoms with van der Waals surface area (Å²) in [5, 5.41) is 0. The van der Waals surface area contributed by atoms with E-state index in [1.165, 1.54) is 0 Å². The summed E-state index contributed by atoms with van der Waals surface area (Å²) in [4.78, 5) is 13.3. The van der Waals surface area contributed by atoms with E-state index in [4.69, 9.17) is 14.2 Å². The summed E-state index contributed by atoms with van der Waals surface area (Å²) >= 11 is 0. The first-order chi connectivity index (χ1) is 14.2. The van der Waals surface area contributed by atoms with Crippen LogP contribution in [0, 0.1) is 0 Å². The molecule has 2 aliphatic heterocycles. The van der Waals surface area contributed by atoms with Crippen molar-refractivity contribution in [2.24, 2.45) is 0 Å². The second-order valence-electron chi connectivity index (χ2n) is 8.38. The molecule has 0 radical (unpaired) electrons. The molecule has 1 saturated heterocycles. The van der Waals surface area contributed by atoms with Gasteiger partial charge in [0.15, 0.2) is 11.5 Å². The second kappa shape index (κ2) is 9.43. The molecule has 0 unspecified atom stereocenters. The van der Waals surface area contributed by atoms with E-state index in [2.05, 4.69) is 4.72 Å². The molecule has 0 aromatic heterocycles. The van der Waals surface area contributed by atoms with Gasteiger partial charge in [0.1, 0.15) is 5.60 Å². The number of nitrogens with one attached hydrogen (secondary N) is 1. The van der Waals surface area contributed by atoms with Gasteiger partial charge in [0.05, 0.1) is 19.0 Å². The number of nitrogens with zero attached hydrogens (tertiary/aromatic N) is 1. The summed E-state index contributed by atoms with van der Waals surface area (Å²) in [5.74, 6) is 1.42. The first kappa shape index (κ1) is 22.7. The van der Waals surface area contributed by atoms with Gasteiger partial charge in [-0.25, -0.2) is 17.9 Å². The number of fused-ring (bicyclic) bond motifs is 1. The molecule has 1 N–H and O–H groups in total. The molecule has 168 valence electrons. The predicted molar refractivity (Wildman–Crippen MR) is 114 cm³/mol. The SMILES string of the molecule is CCOC(=O)N1CCC(NS(=O)(=O)CCCOc2cccc3c2OC(C)(C)C3)CC1. The predicted octanol–water partition coefficient (Wildman–Crippen LogP) is 2.71. The van der Waals surface area contributed by atoms with Gasteiger partial charge in [-0.05, 0) is 46.1 Å². The Hall–Kier alpha value is -2.00. The van der Waals surface area contributed by atoms with Gasteiger partial charge >= 0.3 is 6.09 Å². The standard InChI is InChI=1S/C21H32N2O6S/c1-4-27-20(24)23-11-9-17(10-12-23)22-30(25,26)14-6-13-28-18-8-5-7-16-15-21(2,3)29-19(16)18/h5,7-8,17,22H,4,6,9-15H2,1-3H3. The Bertz CT molecular complexity index is 847. The van der Waals surface area contributed by atoms with Crippen molar-refractivity contribution in [3.05, 3.63) is 23.8 Å². The third-order valence-electron chi connectivity index (χ3n) is 5.24. The van der Waals surface area contributed by atoms with E-state index in [1.807, 2.05) is 32.0 Å².